The van der Waals surface area contributed by atoms with E-state index >= 15 is 0 Å². The Morgan fingerprint density at radius 1 is 1.00 bits per heavy atom. The number of hydrogen-bond acceptors (Lipinski definition) is 2. The molecule has 0 unspecified atom stereocenters. The second-order valence-corrected chi connectivity index (χ2v) is 6.07. The first kappa shape index (κ1) is 18.0. The lowest BCUT2D eigenvalue weighted by Crippen LogP contribution is -2.32. The molecule has 0 spiro atoms. The quantitative estimate of drug-likeness (QED) is 0.809. The standard InChI is InChI=1S/C19H21ClN2O2/c1-14(15-5-3-2-4-6-15)13-22-18(23)11-12-21-19(24)16-7-9-17(20)10-8-16/h2-10,14H,11-13H2,1H3,(H,21,24)(H,22,23)/t14-/m0/s1. The Hall–Kier alpha value is -2.33. The molecule has 5 heteroatoms. The molecule has 24 heavy (non-hydrogen) atoms. The molecule has 0 radical (unpaired) electrons. The lowest BCUT2D eigenvalue weighted by Gasteiger charge is -2.13. The van der Waals surface area contributed by atoms with Gasteiger partial charge in [0.1, 0.15) is 0 Å². The van der Waals surface area contributed by atoms with Gasteiger partial charge in [-0.2, -0.15) is 0 Å². The predicted octanol–water partition coefficient (Wildman–Crippen LogP) is 3.38. The lowest BCUT2D eigenvalue weighted by molar-refractivity contribution is -0.121. The first-order valence-electron chi connectivity index (χ1n) is 7.91. The first-order chi connectivity index (χ1) is 11.6. The van der Waals surface area contributed by atoms with Crippen molar-refractivity contribution in [2.75, 3.05) is 13.1 Å². The molecule has 2 aromatic carbocycles. The van der Waals surface area contributed by atoms with E-state index in [0.717, 1.165) is 0 Å². The van der Waals surface area contributed by atoms with Crippen LogP contribution >= 0.6 is 11.6 Å². The third-order valence-corrected chi connectivity index (χ3v) is 3.97. The molecule has 4 nitrogen and oxygen atoms in total. The summed E-state index contributed by atoms with van der Waals surface area (Å²) in [4.78, 5) is 23.8. The molecule has 0 aliphatic carbocycles. The molecule has 2 N–H and O–H groups in total. The second kappa shape index (κ2) is 9.08. The van der Waals surface area contributed by atoms with E-state index in [1.54, 1.807) is 24.3 Å². The zero-order valence-corrected chi connectivity index (χ0v) is 14.3. The minimum atomic E-state index is -0.211. The van der Waals surface area contributed by atoms with Crippen molar-refractivity contribution in [1.82, 2.24) is 10.6 Å². The van der Waals surface area contributed by atoms with Crippen LogP contribution in [0.1, 0.15) is 35.2 Å². The summed E-state index contributed by atoms with van der Waals surface area (Å²) in [5.41, 5.74) is 1.71. The highest BCUT2D eigenvalue weighted by molar-refractivity contribution is 6.30. The van der Waals surface area contributed by atoms with Crippen LogP contribution in [0, 0.1) is 0 Å². The van der Waals surface area contributed by atoms with Gasteiger partial charge in [0.05, 0.1) is 0 Å². The highest BCUT2D eigenvalue weighted by Crippen LogP contribution is 2.13. The fourth-order valence-electron chi connectivity index (χ4n) is 2.25. The average molecular weight is 345 g/mol. The number of benzene rings is 2. The minimum absolute atomic E-state index is 0.0748. The Kier molecular flexibility index (Phi) is 6.82. The zero-order valence-electron chi connectivity index (χ0n) is 13.6. The highest BCUT2D eigenvalue weighted by Gasteiger charge is 2.09. The topological polar surface area (TPSA) is 58.2 Å². The number of halogens is 1. The van der Waals surface area contributed by atoms with Crippen molar-refractivity contribution in [2.24, 2.45) is 0 Å². The summed E-state index contributed by atoms with van der Waals surface area (Å²) in [5, 5.41) is 6.20. The van der Waals surface area contributed by atoms with Gasteiger partial charge in [-0.1, -0.05) is 48.9 Å². The second-order valence-electron chi connectivity index (χ2n) is 5.63. The van der Waals surface area contributed by atoms with E-state index in [4.69, 9.17) is 11.6 Å². The normalized spacial score (nSPS) is 11.6. The van der Waals surface area contributed by atoms with E-state index < -0.39 is 0 Å². The molecule has 2 amide bonds. The van der Waals surface area contributed by atoms with Crippen LogP contribution in [-0.4, -0.2) is 24.9 Å². The number of rotatable bonds is 7. The van der Waals surface area contributed by atoms with Crippen LogP contribution in [0.25, 0.3) is 0 Å². The minimum Gasteiger partial charge on any atom is -0.355 e. The van der Waals surface area contributed by atoms with Gasteiger partial charge in [0, 0.05) is 30.1 Å². The van der Waals surface area contributed by atoms with Crippen molar-refractivity contribution in [3.8, 4) is 0 Å². The van der Waals surface area contributed by atoms with Gasteiger partial charge in [0.25, 0.3) is 5.91 Å². The van der Waals surface area contributed by atoms with Gasteiger partial charge >= 0.3 is 0 Å². The van der Waals surface area contributed by atoms with Gasteiger partial charge < -0.3 is 10.6 Å². The Morgan fingerprint density at radius 2 is 1.67 bits per heavy atom. The molecule has 2 aromatic rings. The number of carbonyl (C=O) groups is 2. The van der Waals surface area contributed by atoms with Gasteiger partial charge in [0.2, 0.25) is 5.91 Å². The van der Waals surface area contributed by atoms with E-state index in [9.17, 15) is 9.59 Å². The van der Waals surface area contributed by atoms with Gasteiger partial charge in [-0.05, 0) is 35.7 Å². The van der Waals surface area contributed by atoms with Crippen LogP contribution in [-0.2, 0) is 4.79 Å². The Balaban J connectivity index is 1.68. The summed E-state index contributed by atoms with van der Waals surface area (Å²) >= 11 is 5.78. The molecule has 0 saturated carbocycles. The van der Waals surface area contributed by atoms with Crippen LogP contribution in [0.15, 0.2) is 54.6 Å². The number of hydrogen-bond donors (Lipinski definition) is 2. The smallest absolute Gasteiger partial charge is 0.251 e. The maximum Gasteiger partial charge on any atom is 0.251 e. The van der Waals surface area contributed by atoms with E-state index in [2.05, 4.69) is 17.6 Å². The summed E-state index contributed by atoms with van der Waals surface area (Å²) in [6, 6.07) is 16.7. The van der Waals surface area contributed by atoms with Gasteiger partial charge in [0.15, 0.2) is 0 Å². The summed E-state index contributed by atoms with van der Waals surface area (Å²) < 4.78 is 0. The van der Waals surface area contributed by atoms with E-state index in [0.29, 0.717) is 23.7 Å². The third kappa shape index (κ3) is 5.70. The number of carbonyl (C=O) groups excluding carboxylic acids is 2. The Bertz CT molecular complexity index is 672. The number of nitrogens with one attached hydrogen (secondary N) is 2. The largest absolute Gasteiger partial charge is 0.355 e. The molecule has 0 aliphatic heterocycles. The molecular formula is C19H21ClN2O2. The summed E-state index contributed by atoms with van der Waals surface area (Å²) in [6.07, 6.45) is 0.251. The first-order valence-corrected chi connectivity index (χ1v) is 8.29. The van der Waals surface area contributed by atoms with Gasteiger partial charge in [-0.15, -0.1) is 0 Å². The molecule has 0 fully saturated rings. The summed E-state index contributed by atoms with van der Waals surface area (Å²) in [5.74, 6) is -0.0369. The fourth-order valence-corrected chi connectivity index (χ4v) is 2.37. The third-order valence-electron chi connectivity index (χ3n) is 3.72. The summed E-state index contributed by atoms with van der Waals surface area (Å²) in [7, 11) is 0. The molecule has 0 saturated heterocycles. The van der Waals surface area contributed by atoms with E-state index in [1.165, 1.54) is 5.56 Å². The zero-order chi connectivity index (χ0) is 17.4. The molecule has 126 valence electrons. The average Bonchev–Trinajstić information content (AvgIpc) is 2.61. The SMILES string of the molecule is C[C@@H](CNC(=O)CCNC(=O)c1ccc(Cl)cc1)c1ccccc1. The van der Waals surface area contributed by atoms with Crippen molar-refractivity contribution in [3.05, 3.63) is 70.7 Å². The van der Waals surface area contributed by atoms with Crippen molar-refractivity contribution in [3.63, 3.8) is 0 Å². The Morgan fingerprint density at radius 3 is 2.33 bits per heavy atom. The van der Waals surface area contributed by atoms with Gasteiger partial charge in [-0.3, -0.25) is 9.59 Å². The molecule has 0 aromatic heterocycles. The van der Waals surface area contributed by atoms with E-state index in [-0.39, 0.29) is 24.2 Å². The van der Waals surface area contributed by atoms with Crippen LogP contribution in [0.2, 0.25) is 5.02 Å². The van der Waals surface area contributed by atoms with Crippen LogP contribution in [0.5, 0.6) is 0 Å². The van der Waals surface area contributed by atoms with Crippen molar-refractivity contribution in [2.45, 2.75) is 19.3 Å². The predicted molar refractivity (Wildman–Crippen MR) is 96.3 cm³/mol. The van der Waals surface area contributed by atoms with Crippen LogP contribution in [0.3, 0.4) is 0 Å². The maximum absolute atomic E-state index is 11.9. The monoisotopic (exact) mass is 344 g/mol. The van der Waals surface area contributed by atoms with Crippen molar-refractivity contribution < 1.29 is 9.59 Å². The Labute approximate surface area is 147 Å². The van der Waals surface area contributed by atoms with Crippen molar-refractivity contribution >= 4 is 23.4 Å². The summed E-state index contributed by atoms with van der Waals surface area (Å²) in [6.45, 7) is 2.94. The maximum atomic E-state index is 11.9. The molecule has 2 rings (SSSR count). The van der Waals surface area contributed by atoms with E-state index in [1.807, 2.05) is 30.3 Å². The highest BCUT2D eigenvalue weighted by atomic mass is 35.5. The fraction of sp³-hybridized carbons (Fsp3) is 0.263. The molecule has 0 bridgehead atoms. The lowest BCUT2D eigenvalue weighted by atomic mass is 10.0. The van der Waals surface area contributed by atoms with Crippen molar-refractivity contribution in [1.29, 1.82) is 0 Å². The molecule has 1 atom stereocenters. The van der Waals surface area contributed by atoms with Crippen LogP contribution < -0.4 is 10.6 Å². The van der Waals surface area contributed by atoms with Gasteiger partial charge in [-0.25, -0.2) is 0 Å². The molecule has 0 heterocycles. The molecule has 0 aliphatic rings. The number of amides is 2. The molecular weight excluding hydrogens is 324 g/mol. The van der Waals surface area contributed by atoms with Crippen LogP contribution in [0.4, 0.5) is 0 Å².